The summed E-state index contributed by atoms with van der Waals surface area (Å²) in [5.41, 5.74) is -0.804. The highest BCUT2D eigenvalue weighted by atomic mass is 16.6. The predicted octanol–water partition coefficient (Wildman–Crippen LogP) is 0.570. The summed E-state index contributed by atoms with van der Waals surface area (Å²) in [4.78, 5) is 43.5. The molecular formula is C20H24N4O6. The van der Waals surface area contributed by atoms with Crippen molar-refractivity contribution in [2.24, 2.45) is 11.8 Å². The number of hydrogen-bond acceptors (Lipinski definition) is 7. The molecule has 5 heterocycles. The van der Waals surface area contributed by atoms with E-state index < -0.39 is 23.5 Å². The minimum Gasteiger partial charge on any atom is -0.450 e. The number of hydrogen-bond donors (Lipinski definition) is 0. The van der Waals surface area contributed by atoms with Gasteiger partial charge >= 0.3 is 6.09 Å². The molecule has 160 valence electrons. The molecule has 1 aromatic heterocycles. The Kier molecular flexibility index (Phi) is 4.35. The first kappa shape index (κ1) is 19.1. The van der Waals surface area contributed by atoms with Crippen molar-refractivity contribution in [2.75, 3.05) is 44.2 Å². The third kappa shape index (κ3) is 2.73. The van der Waals surface area contributed by atoms with Crippen molar-refractivity contribution in [3.05, 3.63) is 24.0 Å². The molecular weight excluding hydrogens is 392 g/mol. The second-order valence-electron chi connectivity index (χ2n) is 8.13. The lowest BCUT2D eigenvalue weighted by Gasteiger charge is -2.36. The number of anilines is 1. The van der Waals surface area contributed by atoms with Crippen molar-refractivity contribution in [3.63, 3.8) is 0 Å². The van der Waals surface area contributed by atoms with Crippen molar-refractivity contribution in [1.29, 1.82) is 0 Å². The van der Waals surface area contributed by atoms with Gasteiger partial charge in [-0.05, 0) is 13.8 Å². The summed E-state index contributed by atoms with van der Waals surface area (Å²) in [7, 11) is 0. The van der Waals surface area contributed by atoms with Crippen LogP contribution in [-0.2, 0) is 19.1 Å². The van der Waals surface area contributed by atoms with E-state index in [1.807, 2.05) is 12.2 Å². The summed E-state index contributed by atoms with van der Waals surface area (Å²) >= 11 is 0. The number of rotatable bonds is 3. The normalized spacial score (nSPS) is 32.1. The molecule has 10 heteroatoms. The molecule has 0 saturated carbocycles. The summed E-state index contributed by atoms with van der Waals surface area (Å²) in [5, 5.41) is 3.96. The first-order chi connectivity index (χ1) is 14.4. The second-order valence-corrected chi connectivity index (χ2v) is 8.13. The third-order valence-electron chi connectivity index (χ3n) is 6.39. The number of aryl methyl sites for hydroxylation is 1. The first-order valence-corrected chi connectivity index (χ1v) is 10.3. The number of piperazine rings is 1. The molecule has 2 bridgehead atoms. The van der Waals surface area contributed by atoms with Gasteiger partial charge in [0.25, 0.3) is 0 Å². The lowest BCUT2D eigenvalue weighted by molar-refractivity contribution is -0.141. The molecule has 0 N–H and O–H groups in total. The van der Waals surface area contributed by atoms with Crippen molar-refractivity contribution < 1.29 is 28.4 Å². The van der Waals surface area contributed by atoms with Crippen molar-refractivity contribution >= 4 is 23.7 Å². The van der Waals surface area contributed by atoms with E-state index in [0.29, 0.717) is 50.9 Å². The van der Waals surface area contributed by atoms with Gasteiger partial charge in [-0.3, -0.25) is 14.5 Å². The number of amides is 3. The van der Waals surface area contributed by atoms with Crippen molar-refractivity contribution in [1.82, 2.24) is 15.0 Å². The van der Waals surface area contributed by atoms with Crippen LogP contribution in [0.15, 0.2) is 22.7 Å². The van der Waals surface area contributed by atoms with Gasteiger partial charge < -0.3 is 23.8 Å². The molecule has 1 aromatic rings. The van der Waals surface area contributed by atoms with Crippen LogP contribution in [0.2, 0.25) is 0 Å². The van der Waals surface area contributed by atoms with Gasteiger partial charge in [-0.25, -0.2) is 4.79 Å². The number of ether oxygens (including phenoxy) is 2. The maximum absolute atomic E-state index is 13.4. The van der Waals surface area contributed by atoms with Crippen LogP contribution in [0.25, 0.3) is 0 Å². The van der Waals surface area contributed by atoms with Crippen molar-refractivity contribution in [3.8, 4) is 0 Å². The largest absolute Gasteiger partial charge is 0.450 e. The van der Waals surface area contributed by atoms with Crippen LogP contribution < -0.4 is 4.90 Å². The Hall–Kier alpha value is -2.88. The highest BCUT2D eigenvalue weighted by Crippen LogP contribution is 2.53. The number of aromatic nitrogens is 1. The zero-order valence-electron chi connectivity index (χ0n) is 16.9. The molecule has 0 aromatic carbocycles. The topological polar surface area (TPSA) is 105 Å². The van der Waals surface area contributed by atoms with Gasteiger partial charge in [-0.1, -0.05) is 17.3 Å². The number of fused-ring (bicyclic) bond motifs is 1. The Morgan fingerprint density at radius 3 is 2.67 bits per heavy atom. The van der Waals surface area contributed by atoms with E-state index in [9.17, 15) is 14.4 Å². The second kappa shape index (κ2) is 6.83. The Morgan fingerprint density at radius 2 is 2.00 bits per heavy atom. The Labute approximate surface area is 173 Å². The summed E-state index contributed by atoms with van der Waals surface area (Å²) in [6.07, 6.45) is 3.03. The quantitative estimate of drug-likeness (QED) is 0.664. The molecule has 10 nitrogen and oxygen atoms in total. The van der Waals surface area contributed by atoms with Crippen LogP contribution in [0.5, 0.6) is 0 Å². The van der Waals surface area contributed by atoms with Crippen LogP contribution in [0.1, 0.15) is 12.7 Å². The van der Waals surface area contributed by atoms with Gasteiger partial charge in [-0.2, -0.15) is 0 Å². The third-order valence-corrected chi connectivity index (χ3v) is 6.39. The van der Waals surface area contributed by atoms with Crippen LogP contribution >= 0.6 is 0 Å². The maximum Gasteiger partial charge on any atom is 0.409 e. The van der Waals surface area contributed by atoms with E-state index in [4.69, 9.17) is 14.0 Å². The molecule has 0 aliphatic carbocycles. The average Bonchev–Trinajstić information content (AvgIpc) is 3.49. The van der Waals surface area contributed by atoms with Crippen LogP contribution in [-0.4, -0.2) is 83.9 Å². The smallest absolute Gasteiger partial charge is 0.409 e. The van der Waals surface area contributed by atoms with E-state index in [1.165, 1.54) is 0 Å². The molecule has 5 rings (SSSR count). The van der Waals surface area contributed by atoms with Crippen LogP contribution in [0, 0.1) is 18.8 Å². The van der Waals surface area contributed by atoms with E-state index in [-0.39, 0.29) is 17.9 Å². The lowest BCUT2D eigenvalue weighted by Crippen LogP contribution is -2.54. The summed E-state index contributed by atoms with van der Waals surface area (Å²) < 4.78 is 16.3. The van der Waals surface area contributed by atoms with E-state index in [0.717, 1.165) is 0 Å². The molecule has 4 atom stereocenters. The average molecular weight is 416 g/mol. The number of nitrogens with zero attached hydrogens (tertiary/aromatic N) is 4. The molecule has 30 heavy (non-hydrogen) atoms. The minimum absolute atomic E-state index is 0.105. The zero-order valence-corrected chi connectivity index (χ0v) is 16.9. The Balaban J connectivity index is 1.32. The first-order valence-electron chi connectivity index (χ1n) is 10.3. The zero-order chi connectivity index (χ0) is 21.0. The van der Waals surface area contributed by atoms with Gasteiger partial charge in [0.15, 0.2) is 5.82 Å². The van der Waals surface area contributed by atoms with Gasteiger partial charge in [0.2, 0.25) is 11.8 Å². The fraction of sp³-hybridized carbons (Fsp3) is 0.600. The highest BCUT2D eigenvalue weighted by molar-refractivity contribution is 6.02. The van der Waals surface area contributed by atoms with Crippen molar-refractivity contribution in [2.45, 2.75) is 25.6 Å². The summed E-state index contributed by atoms with van der Waals surface area (Å²) in [5.74, 6) is -0.379. The fourth-order valence-electron chi connectivity index (χ4n) is 4.99. The SMILES string of the molecule is CCOC(=O)N1CCN(C(=O)[C@@H]2[C@H]3C(=O)N(c4cc(C)on4)C[C@]34C=C[C@H]2O4)CC1. The van der Waals surface area contributed by atoms with Crippen LogP contribution in [0.3, 0.4) is 0 Å². The monoisotopic (exact) mass is 416 g/mol. The highest BCUT2D eigenvalue weighted by Gasteiger charge is 2.67. The van der Waals surface area contributed by atoms with E-state index >= 15 is 0 Å². The van der Waals surface area contributed by atoms with E-state index in [2.05, 4.69) is 5.16 Å². The van der Waals surface area contributed by atoms with Crippen LogP contribution in [0.4, 0.5) is 10.6 Å². The molecule has 4 aliphatic heterocycles. The lowest BCUT2D eigenvalue weighted by atomic mass is 9.76. The maximum atomic E-state index is 13.4. The molecule has 4 aliphatic rings. The fourth-order valence-corrected chi connectivity index (χ4v) is 4.99. The Morgan fingerprint density at radius 1 is 1.27 bits per heavy atom. The Bertz CT molecular complexity index is 920. The molecule has 3 amide bonds. The minimum atomic E-state index is -0.804. The molecule has 3 fully saturated rings. The van der Waals surface area contributed by atoms with E-state index in [1.54, 1.807) is 34.6 Å². The molecule has 0 unspecified atom stereocenters. The van der Waals surface area contributed by atoms with Gasteiger partial charge in [0, 0.05) is 32.2 Å². The molecule has 1 spiro atoms. The molecule has 0 radical (unpaired) electrons. The summed E-state index contributed by atoms with van der Waals surface area (Å²) in [6, 6.07) is 1.71. The van der Waals surface area contributed by atoms with Gasteiger partial charge in [0.1, 0.15) is 11.4 Å². The van der Waals surface area contributed by atoms with Gasteiger partial charge in [-0.15, -0.1) is 0 Å². The number of carbonyl (C=O) groups is 3. The van der Waals surface area contributed by atoms with Gasteiger partial charge in [0.05, 0.1) is 31.1 Å². The summed E-state index contributed by atoms with van der Waals surface area (Å²) in [6.45, 7) is 5.79. The standard InChI is InChI=1S/C20H24N4O6/c1-3-28-19(27)23-8-6-22(7-9-23)17(25)15-13-4-5-20(29-13)11-24(18(26)16(15)20)14-10-12(2)30-21-14/h4-5,10,13,15-16H,3,6-9,11H2,1-2H3/t13-,15+,16+,20-/m1/s1. The molecule has 3 saturated heterocycles. The number of carbonyl (C=O) groups excluding carboxylic acids is 3. The predicted molar refractivity (Wildman–Crippen MR) is 102 cm³/mol.